The van der Waals surface area contributed by atoms with Crippen molar-refractivity contribution in [3.05, 3.63) is 18.2 Å². The molecule has 0 aromatic heterocycles. The maximum Gasteiger partial charge on any atom is 0.144 e. The molecular formula is C17H30N2O. The Bertz CT molecular complexity index is 404. The number of nitrogens with two attached hydrogens (primary N) is 1. The molecule has 114 valence electrons. The average molecular weight is 278 g/mol. The Morgan fingerprint density at radius 2 is 1.90 bits per heavy atom. The first-order chi connectivity index (χ1) is 9.49. The summed E-state index contributed by atoms with van der Waals surface area (Å²) in [6.45, 7) is 11.9. The minimum Gasteiger partial charge on any atom is -0.489 e. The fraction of sp³-hybridized carbons (Fsp3) is 0.647. The third kappa shape index (κ3) is 4.62. The number of ether oxygens (including phenoxy) is 1. The number of hydrogen-bond acceptors (Lipinski definition) is 3. The van der Waals surface area contributed by atoms with Crippen LogP contribution in [0.1, 0.15) is 53.9 Å². The van der Waals surface area contributed by atoms with Gasteiger partial charge >= 0.3 is 0 Å². The first kappa shape index (κ1) is 16.7. The molecule has 1 aromatic carbocycles. The quantitative estimate of drug-likeness (QED) is 0.713. The maximum absolute atomic E-state index is 6.00. The molecule has 0 spiro atoms. The number of unbranched alkanes of at least 4 members (excludes halogenated alkanes) is 1. The normalized spacial score (nSPS) is 12.5. The highest BCUT2D eigenvalue weighted by atomic mass is 16.5. The van der Waals surface area contributed by atoms with Gasteiger partial charge in [0.25, 0.3) is 0 Å². The largest absolute Gasteiger partial charge is 0.489 e. The number of benzene rings is 1. The van der Waals surface area contributed by atoms with Gasteiger partial charge in [0.2, 0.25) is 0 Å². The molecule has 1 aromatic rings. The van der Waals surface area contributed by atoms with Gasteiger partial charge in [0.1, 0.15) is 5.75 Å². The van der Waals surface area contributed by atoms with Gasteiger partial charge in [-0.1, -0.05) is 20.3 Å². The molecule has 3 nitrogen and oxygen atoms in total. The van der Waals surface area contributed by atoms with Crippen molar-refractivity contribution in [3.8, 4) is 5.75 Å². The van der Waals surface area contributed by atoms with Gasteiger partial charge in [0, 0.05) is 24.3 Å². The van der Waals surface area contributed by atoms with Crippen LogP contribution in [0.4, 0.5) is 11.4 Å². The van der Waals surface area contributed by atoms with Gasteiger partial charge in [-0.15, -0.1) is 0 Å². The molecule has 0 saturated carbocycles. The Morgan fingerprint density at radius 1 is 1.20 bits per heavy atom. The first-order valence-electron chi connectivity index (χ1n) is 7.82. The average Bonchev–Trinajstić information content (AvgIpc) is 2.41. The highest BCUT2D eigenvalue weighted by Crippen LogP contribution is 2.30. The number of rotatable bonds is 8. The van der Waals surface area contributed by atoms with Crippen LogP contribution in [0.5, 0.6) is 5.75 Å². The highest BCUT2D eigenvalue weighted by Gasteiger charge is 2.14. The van der Waals surface area contributed by atoms with Gasteiger partial charge in [-0.2, -0.15) is 0 Å². The second kappa shape index (κ2) is 8.03. The molecule has 0 aliphatic heterocycles. The van der Waals surface area contributed by atoms with E-state index in [-0.39, 0.29) is 6.10 Å². The summed E-state index contributed by atoms with van der Waals surface area (Å²) < 4.78 is 5.80. The number of nitrogens with zero attached hydrogens (tertiary/aromatic N) is 1. The summed E-state index contributed by atoms with van der Waals surface area (Å²) in [5.41, 5.74) is 7.92. The molecule has 0 heterocycles. The van der Waals surface area contributed by atoms with E-state index in [0.29, 0.717) is 11.7 Å². The molecule has 0 fully saturated rings. The van der Waals surface area contributed by atoms with Gasteiger partial charge in [0.05, 0.1) is 11.8 Å². The molecule has 3 heteroatoms. The Hall–Kier alpha value is -1.38. The molecule has 2 N–H and O–H groups in total. The monoisotopic (exact) mass is 278 g/mol. The van der Waals surface area contributed by atoms with E-state index in [2.05, 4.69) is 37.8 Å². The van der Waals surface area contributed by atoms with Crippen LogP contribution in [0, 0.1) is 0 Å². The second-order valence-corrected chi connectivity index (χ2v) is 5.69. The molecule has 1 unspecified atom stereocenters. The summed E-state index contributed by atoms with van der Waals surface area (Å²) in [6.07, 6.45) is 3.68. The van der Waals surface area contributed by atoms with Gasteiger partial charge in [-0.05, 0) is 45.7 Å². The molecule has 0 radical (unpaired) electrons. The lowest BCUT2D eigenvalue weighted by Gasteiger charge is -2.31. The van der Waals surface area contributed by atoms with E-state index in [0.717, 1.165) is 18.7 Å². The number of anilines is 2. The van der Waals surface area contributed by atoms with E-state index in [1.165, 1.54) is 18.5 Å². The number of nitrogen functional groups attached to an aromatic ring is 1. The predicted molar refractivity (Wildman–Crippen MR) is 88.6 cm³/mol. The SMILES string of the molecule is CCCCN(c1ccc(N)c(OC(C)C)c1)C(C)CC. The molecule has 0 amide bonds. The lowest BCUT2D eigenvalue weighted by atomic mass is 10.1. The van der Waals surface area contributed by atoms with Crippen molar-refractivity contribution in [2.75, 3.05) is 17.2 Å². The molecule has 0 aliphatic carbocycles. The lowest BCUT2D eigenvalue weighted by Crippen LogP contribution is -2.33. The highest BCUT2D eigenvalue weighted by molar-refractivity contribution is 5.62. The maximum atomic E-state index is 6.00. The van der Waals surface area contributed by atoms with Crippen LogP contribution >= 0.6 is 0 Å². The van der Waals surface area contributed by atoms with E-state index in [1.807, 2.05) is 19.9 Å². The minimum atomic E-state index is 0.139. The van der Waals surface area contributed by atoms with Crippen LogP contribution in [0.25, 0.3) is 0 Å². The summed E-state index contributed by atoms with van der Waals surface area (Å²) in [6, 6.07) is 6.66. The van der Waals surface area contributed by atoms with Crippen molar-refractivity contribution in [1.82, 2.24) is 0 Å². The van der Waals surface area contributed by atoms with Gasteiger partial charge < -0.3 is 15.4 Å². The summed E-state index contributed by atoms with van der Waals surface area (Å²) >= 11 is 0. The van der Waals surface area contributed by atoms with Crippen molar-refractivity contribution in [2.24, 2.45) is 0 Å². The van der Waals surface area contributed by atoms with Crippen LogP contribution in [-0.4, -0.2) is 18.7 Å². The number of hydrogen-bond donors (Lipinski definition) is 1. The fourth-order valence-corrected chi connectivity index (χ4v) is 2.21. The van der Waals surface area contributed by atoms with Crippen molar-refractivity contribution in [3.63, 3.8) is 0 Å². The Balaban J connectivity index is 3.00. The minimum absolute atomic E-state index is 0.139. The van der Waals surface area contributed by atoms with Crippen molar-refractivity contribution >= 4 is 11.4 Å². The molecule has 0 aliphatic rings. The standard InChI is InChI=1S/C17H30N2O/c1-6-8-11-19(14(5)7-2)15-9-10-16(18)17(12-15)20-13(3)4/h9-10,12-14H,6-8,11,18H2,1-5H3. The lowest BCUT2D eigenvalue weighted by molar-refractivity contribution is 0.244. The third-order valence-electron chi connectivity index (χ3n) is 3.57. The second-order valence-electron chi connectivity index (χ2n) is 5.69. The van der Waals surface area contributed by atoms with E-state index in [9.17, 15) is 0 Å². The topological polar surface area (TPSA) is 38.5 Å². The summed E-state index contributed by atoms with van der Waals surface area (Å²) in [7, 11) is 0. The molecule has 0 saturated heterocycles. The predicted octanol–water partition coefficient (Wildman–Crippen LogP) is 4.46. The molecule has 1 atom stereocenters. The van der Waals surface area contributed by atoms with E-state index in [4.69, 9.17) is 10.5 Å². The van der Waals surface area contributed by atoms with E-state index < -0.39 is 0 Å². The third-order valence-corrected chi connectivity index (χ3v) is 3.57. The van der Waals surface area contributed by atoms with Crippen LogP contribution in [0.3, 0.4) is 0 Å². The van der Waals surface area contributed by atoms with Crippen LogP contribution in [0.15, 0.2) is 18.2 Å². The summed E-state index contributed by atoms with van der Waals surface area (Å²) in [5, 5.41) is 0. The van der Waals surface area contributed by atoms with Crippen LogP contribution in [0.2, 0.25) is 0 Å². The van der Waals surface area contributed by atoms with E-state index in [1.54, 1.807) is 0 Å². The Labute approximate surface area is 124 Å². The summed E-state index contributed by atoms with van der Waals surface area (Å²) in [5.74, 6) is 0.794. The zero-order chi connectivity index (χ0) is 15.1. The van der Waals surface area contributed by atoms with Crippen LogP contribution < -0.4 is 15.4 Å². The van der Waals surface area contributed by atoms with Gasteiger partial charge in [-0.3, -0.25) is 0 Å². The zero-order valence-corrected chi connectivity index (χ0v) is 13.6. The smallest absolute Gasteiger partial charge is 0.144 e. The van der Waals surface area contributed by atoms with Gasteiger partial charge in [-0.25, -0.2) is 0 Å². The first-order valence-corrected chi connectivity index (χ1v) is 7.82. The van der Waals surface area contributed by atoms with Crippen molar-refractivity contribution in [2.45, 2.75) is 66.0 Å². The van der Waals surface area contributed by atoms with Crippen molar-refractivity contribution in [1.29, 1.82) is 0 Å². The molecule has 0 bridgehead atoms. The fourth-order valence-electron chi connectivity index (χ4n) is 2.21. The summed E-state index contributed by atoms with van der Waals surface area (Å²) in [4.78, 5) is 2.45. The molecular weight excluding hydrogens is 248 g/mol. The van der Waals surface area contributed by atoms with E-state index >= 15 is 0 Å². The van der Waals surface area contributed by atoms with Gasteiger partial charge in [0.15, 0.2) is 0 Å². The van der Waals surface area contributed by atoms with Crippen molar-refractivity contribution < 1.29 is 4.74 Å². The Kier molecular flexibility index (Phi) is 6.69. The Morgan fingerprint density at radius 3 is 2.45 bits per heavy atom. The zero-order valence-electron chi connectivity index (χ0n) is 13.6. The molecule has 20 heavy (non-hydrogen) atoms. The van der Waals surface area contributed by atoms with Crippen LogP contribution in [-0.2, 0) is 0 Å². The molecule has 1 rings (SSSR count).